The van der Waals surface area contributed by atoms with Crippen LogP contribution in [-0.4, -0.2) is 24.2 Å². The van der Waals surface area contributed by atoms with E-state index in [0.717, 1.165) is 5.75 Å². The second-order valence-electron chi connectivity index (χ2n) is 6.52. The third kappa shape index (κ3) is 5.47. The highest BCUT2D eigenvalue weighted by atomic mass is 35.5. The molecule has 5 nitrogen and oxygen atoms in total. The minimum Gasteiger partial charge on any atom is -0.493 e. The van der Waals surface area contributed by atoms with Crippen LogP contribution < -0.4 is 20.1 Å². The molecule has 0 radical (unpaired) electrons. The molecular weight excluding hydrogens is 396 g/mol. The quantitative estimate of drug-likeness (QED) is 0.403. The van der Waals surface area contributed by atoms with E-state index in [2.05, 4.69) is 16.7 Å². The number of aryl methyl sites for hydroxylation is 2. The number of hydrogen-bond donors (Lipinski definition) is 2. The molecule has 0 spiro atoms. The lowest BCUT2D eigenvalue weighted by atomic mass is 10.1. The summed E-state index contributed by atoms with van der Waals surface area (Å²) in [5, 5.41) is 6.18. The summed E-state index contributed by atoms with van der Waals surface area (Å²) >= 11 is 11.0. The van der Waals surface area contributed by atoms with Crippen LogP contribution in [0, 0.1) is 13.8 Å². The first kappa shape index (κ1) is 20.2. The van der Waals surface area contributed by atoms with Gasteiger partial charge in [0.05, 0.1) is 13.2 Å². The minimum atomic E-state index is -0.280. The van der Waals surface area contributed by atoms with Gasteiger partial charge in [0.25, 0.3) is 5.91 Å². The first-order valence-corrected chi connectivity index (χ1v) is 9.67. The molecule has 1 amide bonds. The lowest BCUT2D eigenvalue weighted by Gasteiger charge is -2.11. The van der Waals surface area contributed by atoms with E-state index in [-0.39, 0.29) is 11.0 Å². The molecule has 1 saturated heterocycles. The van der Waals surface area contributed by atoms with Gasteiger partial charge in [0.15, 0.2) is 5.11 Å². The van der Waals surface area contributed by atoms with E-state index in [1.54, 1.807) is 24.3 Å². The number of nitrogens with one attached hydrogen (secondary N) is 2. The zero-order valence-electron chi connectivity index (χ0n) is 15.7. The molecule has 1 aliphatic rings. The zero-order chi connectivity index (χ0) is 20.1. The number of thiocarbonyl (C=S) groups is 1. The first-order chi connectivity index (χ1) is 13.4. The molecule has 0 saturated carbocycles. The molecule has 0 aliphatic carbocycles. The Balaban J connectivity index is 1.58. The molecule has 0 unspecified atom stereocenters. The van der Waals surface area contributed by atoms with Crippen molar-refractivity contribution in [1.82, 2.24) is 10.6 Å². The van der Waals surface area contributed by atoms with Crippen LogP contribution in [0.15, 0.2) is 42.1 Å². The number of carbonyl (C=O) groups excluding carboxylic acids is 1. The molecule has 2 N–H and O–H groups in total. The van der Waals surface area contributed by atoms with Crippen molar-refractivity contribution in [2.75, 3.05) is 13.2 Å². The van der Waals surface area contributed by atoms with E-state index in [4.69, 9.17) is 33.3 Å². The van der Waals surface area contributed by atoms with Crippen molar-refractivity contribution in [3.8, 4) is 11.5 Å². The van der Waals surface area contributed by atoms with Gasteiger partial charge in [-0.3, -0.25) is 10.1 Å². The summed E-state index contributed by atoms with van der Waals surface area (Å²) in [5.41, 5.74) is 3.41. The summed E-state index contributed by atoms with van der Waals surface area (Å²) in [6.07, 6.45) is 2.39. The molecule has 2 aromatic carbocycles. The van der Waals surface area contributed by atoms with E-state index < -0.39 is 0 Å². The Kier molecular flexibility index (Phi) is 6.54. The maximum atomic E-state index is 11.8. The average Bonchev–Trinajstić information content (AvgIpc) is 2.92. The van der Waals surface area contributed by atoms with Crippen molar-refractivity contribution in [3.05, 3.63) is 63.8 Å². The summed E-state index contributed by atoms with van der Waals surface area (Å²) in [6.45, 7) is 5.11. The SMILES string of the molecule is Cc1cc(C)cc(OCCCOc2ccc(Cl)cc2C=C2NC(=S)NC2=O)c1. The second-order valence-corrected chi connectivity index (χ2v) is 7.37. The molecule has 7 heteroatoms. The molecule has 3 rings (SSSR count). The van der Waals surface area contributed by atoms with Gasteiger partial charge in [0.1, 0.15) is 17.2 Å². The number of halogens is 1. The van der Waals surface area contributed by atoms with Crippen molar-refractivity contribution >= 4 is 40.9 Å². The van der Waals surface area contributed by atoms with Crippen LogP contribution in [0.4, 0.5) is 0 Å². The predicted octanol–water partition coefficient (Wildman–Crippen LogP) is 4.15. The predicted molar refractivity (Wildman–Crippen MR) is 115 cm³/mol. The first-order valence-electron chi connectivity index (χ1n) is 8.88. The second kappa shape index (κ2) is 9.08. The molecule has 0 aromatic heterocycles. The fourth-order valence-electron chi connectivity index (χ4n) is 2.85. The summed E-state index contributed by atoms with van der Waals surface area (Å²) in [4.78, 5) is 11.8. The van der Waals surface area contributed by atoms with Crippen molar-refractivity contribution in [1.29, 1.82) is 0 Å². The number of hydrogen-bond acceptors (Lipinski definition) is 4. The van der Waals surface area contributed by atoms with Gasteiger partial charge in [-0.05, 0) is 73.6 Å². The molecule has 1 heterocycles. The zero-order valence-corrected chi connectivity index (χ0v) is 17.2. The molecular formula is C21H21ClN2O3S. The Hall–Kier alpha value is -2.57. The summed E-state index contributed by atoms with van der Waals surface area (Å²) in [5.74, 6) is 1.22. The van der Waals surface area contributed by atoms with Gasteiger partial charge in [0.2, 0.25) is 0 Å². The van der Waals surface area contributed by atoms with Crippen molar-refractivity contribution in [3.63, 3.8) is 0 Å². The Morgan fingerprint density at radius 2 is 1.75 bits per heavy atom. The molecule has 28 heavy (non-hydrogen) atoms. The van der Waals surface area contributed by atoms with Crippen LogP contribution in [0.3, 0.4) is 0 Å². The van der Waals surface area contributed by atoms with Crippen LogP contribution in [0.2, 0.25) is 5.02 Å². The minimum absolute atomic E-state index is 0.280. The van der Waals surface area contributed by atoms with Gasteiger partial charge in [-0.2, -0.15) is 0 Å². The van der Waals surface area contributed by atoms with Gasteiger partial charge in [-0.1, -0.05) is 17.7 Å². The van der Waals surface area contributed by atoms with Gasteiger partial charge in [-0.15, -0.1) is 0 Å². The molecule has 0 bridgehead atoms. The Bertz CT molecular complexity index is 923. The summed E-state index contributed by atoms with van der Waals surface area (Å²) < 4.78 is 11.7. The topological polar surface area (TPSA) is 59.6 Å². The lowest BCUT2D eigenvalue weighted by molar-refractivity contribution is -0.115. The molecule has 1 aliphatic heterocycles. The van der Waals surface area contributed by atoms with Crippen LogP contribution >= 0.6 is 23.8 Å². The third-order valence-electron chi connectivity index (χ3n) is 4.00. The fraction of sp³-hybridized carbons (Fsp3) is 0.238. The molecule has 1 fully saturated rings. The summed E-state index contributed by atoms with van der Waals surface area (Å²) in [7, 11) is 0. The number of rotatable bonds is 7. The fourth-order valence-corrected chi connectivity index (χ4v) is 3.23. The van der Waals surface area contributed by atoms with E-state index in [9.17, 15) is 4.79 Å². The number of amides is 1. The molecule has 0 atom stereocenters. The smallest absolute Gasteiger partial charge is 0.273 e. The standard InChI is InChI=1S/C21H21ClN2O3S/c1-13-8-14(2)10-17(9-13)26-6-3-7-27-19-5-4-16(22)11-15(19)12-18-20(25)24-21(28)23-18/h4-5,8-12H,3,6-7H2,1-2H3,(H2,23,24,25,28). The van der Waals surface area contributed by atoms with Crippen LogP contribution in [0.1, 0.15) is 23.1 Å². The van der Waals surface area contributed by atoms with E-state index in [1.165, 1.54) is 11.1 Å². The van der Waals surface area contributed by atoms with E-state index >= 15 is 0 Å². The van der Waals surface area contributed by atoms with Gasteiger partial charge >= 0.3 is 0 Å². The van der Waals surface area contributed by atoms with E-state index in [0.29, 0.717) is 41.7 Å². The van der Waals surface area contributed by atoms with Crippen LogP contribution in [-0.2, 0) is 4.79 Å². The highest BCUT2D eigenvalue weighted by Crippen LogP contribution is 2.26. The normalized spacial score (nSPS) is 14.8. The van der Waals surface area contributed by atoms with Gasteiger partial charge in [0, 0.05) is 17.0 Å². The molecule has 146 valence electrons. The maximum absolute atomic E-state index is 11.8. The average molecular weight is 417 g/mol. The maximum Gasteiger partial charge on any atom is 0.273 e. The highest BCUT2D eigenvalue weighted by molar-refractivity contribution is 7.80. The van der Waals surface area contributed by atoms with Crippen LogP contribution in [0.5, 0.6) is 11.5 Å². The highest BCUT2D eigenvalue weighted by Gasteiger charge is 2.20. The number of benzene rings is 2. The van der Waals surface area contributed by atoms with E-state index in [1.807, 2.05) is 26.0 Å². The Morgan fingerprint density at radius 3 is 2.43 bits per heavy atom. The van der Waals surface area contributed by atoms with Gasteiger partial charge < -0.3 is 14.8 Å². The lowest BCUT2D eigenvalue weighted by Crippen LogP contribution is -2.21. The van der Waals surface area contributed by atoms with Crippen molar-refractivity contribution in [2.24, 2.45) is 0 Å². The summed E-state index contributed by atoms with van der Waals surface area (Å²) in [6, 6.07) is 11.4. The Labute approximate surface area is 174 Å². The number of carbonyl (C=O) groups is 1. The Morgan fingerprint density at radius 1 is 1.04 bits per heavy atom. The van der Waals surface area contributed by atoms with Crippen molar-refractivity contribution in [2.45, 2.75) is 20.3 Å². The number of ether oxygens (including phenoxy) is 2. The van der Waals surface area contributed by atoms with Gasteiger partial charge in [-0.25, -0.2) is 0 Å². The third-order valence-corrected chi connectivity index (χ3v) is 4.44. The van der Waals surface area contributed by atoms with Crippen LogP contribution in [0.25, 0.3) is 6.08 Å². The molecule has 2 aromatic rings. The van der Waals surface area contributed by atoms with Crippen molar-refractivity contribution < 1.29 is 14.3 Å². The monoisotopic (exact) mass is 416 g/mol. The largest absolute Gasteiger partial charge is 0.493 e.